The molecular weight excluding hydrogens is 636 g/mol. The lowest BCUT2D eigenvalue weighted by Gasteiger charge is -2.49. The molecule has 12 nitrogen and oxygen atoms in total. The number of hydrogen-bond acceptors (Lipinski definition) is 12. The lowest BCUT2D eigenvalue weighted by atomic mass is 9.97. The van der Waals surface area contributed by atoms with Crippen LogP contribution in [0.2, 0.25) is 0 Å². The molecule has 4 fully saturated rings. The summed E-state index contributed by atoms with van der Waals surface area (Å²) < 4.78 is 62.2. The molecule has 3 aromatic rings. The zero-order valence-electron chi connectivity index (χ0n) is 27.6. The molecule has 4 saturated heterocycles. The first kappa shape index (κ1) is 34.2. The molecule has 0 unspecified atom stereocenters. The Labute approximate surface area is 285 Å². The maximum atomic E-state index is 13.4. The van der Waals surface area contributed by atoms with Gasteiger partial charge in [0.05, 0.1) is 25.4 Å². The summed E-state index contributed by atoms with van der Waals surface area (Å²) in [6, 6.07) is 27.8. The van der Waals surface area contributed by atoms with E-state index in [1.165, 1.54) is 7.11 Å². The van der Waals surface area contributed by atoms with E-state index in [0.29, 0.717) is 5.56 Å². The molecule has 4 heterocycles. The Kier molecular flexibility index (Phi) is 10.4. The van der Waals surface area contributed by atoms with Gasteiger partial charge < -0.3 is 52.5 Å². The first-order valence-corrected chi connectivity index (χ1v) is 16.5. The molecule has 0 bridgehead atoms. The van der Waals surface area contributed by atoms with Gasteiger partial charge in [0.2, 0.25) is 0 Å². The van der Waals surface area contributed by atoms with Gasteiger partial charge in [-0.15, -0.1) is 0 Å². The van der Waals surface area contributed by atoms with Crippen molar-refractivity contribution in [1.29, 1.82) is 0 Å². The van der Waals surface area contributed by atoms with E-state index in [4.69, 9.17) is 47.4 Å². The number of methoxy groups -OCH3 is 1. The van der Waals surface area contributed by atoms with Crippen molar-refractivity contribution in [3.05, 3.63) is 108 Å². The lowest BCUT2D eigenvalue weighted by Crippen LogP contribution is -2.64. The van der Waals surface area contributed by atoms with Crippen LogP contribution >= 0.6 is 0 Å². The highest BCUT2D eigenvalue weighted by Crippen LogP contribution is 2.40. The average Bonchev–Trinajstić information content (AvgIpc) is 3.65. The number of fused-ring (bicyclic) bond motifs is 1. The number of carbonyl (C=O) groups is 1. The van der Waals surface area contributed by atoms with Gasteiger partial charge in [0.1, 0.15) is 42.7 Å². The highest BCUT2D eigenvalue weighted by atomic mass is 16.8. The van der Waals surface area contributed by atoms with Crippen LogP contribution in [-0.4, -0.2) is 98.6 Å². The van der Waals surface area contributed by atoms with Gasteiger partial charge in [0.15, 0.2) is 30.8 Å². The molecule has 7 rings (SSSR count). The van der Waals surface area contributed by atoms with E-state index in [0.717, 1.165) is 11.1 Å². The Bertz CT molecular complexity index is 1500. The van der Waals surface area contributed by atoms with Crippen LogP contribution < -0.4 is 0 Å². The summed E-state index contributed by atoms with van der Waals surface area (Å²) in [5.74, 6) is -1.53. The molecule has 0 radical (unpaired) electrons. The average molecular weight is 679 g/mol. The summed E-state index contributed by atoms with van der Waals surface area (Å²) in [6.07, 6.45) is -10.1. The number of rotatable bonds is 10. The SMILES string of the molecule is CO[C@H]1O[C@@H]2CO[C@@H](c3ccccc3)O[C@H]2[C@H](O[C@@H]2O[C@@H]([C@H]3COC(C)(C)O3)[C@H](O)[C@H]2OC(=O)c2ccccc2)[C@H]1OCc1ccccc1. The van der Waals surface area contributed by atoms with Gasteiger partial charge in [-0.05, 0) is 31.5 Å². The number of esters is 1. The van der Waals surface area contributed by atoms with Gasteiger partial charge in [-0.2, -0.15) is 0 Å². The molecule has 0 spiro atoms. The summed E-state index contributed by atoms with van der Waals surface area (Å²) in [5.41, 5.74) is 2.06. The minimum absolute atomic E-state index is 0.163. The van der Waals surface area contributed by atoms with Crippen LogP contribution in [-0.2, 0) is 54.0 Å². The van der Waals surface area contributed by atoms with Crippen LogP contribution in [0.25, 0.3) is 0 Å². The van der Waals surface area contributed by atoms with Crippen molar-refractivity contribution in [3.8, 4) is 0 Å². The molecule has 3 aromatic carbocycles. The van der Waals surface area contributed by atoms with Crippen LogP contribution in [0.3, 0.4) is 0 Å². The van der Waals surface area contributed by atoms with Gasteiger partial charge in [-0.1, -0.05) is 78.9 Å². The fourth-order valence-electron chi connectivity index (χ4n) is 6.61. The monoisotopic (exact) mass is 678 g/mol. The van der Waals surface area contributed by atoms with Gasteiger partial charge in [-0.25, -0.2) is 4.79 Å². The molecule has 4 aliphatic rings. The van der Waals surface area contributed by atoms with Crippen molar-refractivity contribution in [2.45, 2.75) is 93.9 Å². The van der Waals surface area contributed by atoms with Crippen molar-refractivity contribution in [3.63, 3.8) is 0 Å². The van der Waals surface area contributed by atoms with Gasteiger partial charge in [0.25, 0.3) is 0 Å². The van der Waals surface area contributed by atoms with Crippen LogP contribution in [0.4, 0.5) is 0 Å². The van der Waals surface area contributed by atoms with E-state index in [2.05, 4.69) is 0 Å². The second kappa shape index (κ2) is 14.9. The largest absolute Gasteiger partial charge is 0.450 e. The third-order valence-electron chi connectivity index (χ3n) is 9.05. The molecule has 0 aliphatic carbocycles. The van der Waals surface area contributed by atoms with E-state index in [-0.39, 0.29) is 19.8 Å². The first-order chi connectivity index (χ1) is 23.8. The molecule has 262 valence electrons. The molecular formula is C37H42O12. The number of aliphatic hydroxyl groups is 1. The zero-order valence-corrected chi connectivity index (χ0v) is 27.6. The van der Waals surface area contributed by atoms with E-state index < -0.39 is 79.5 Å². The molecule has 4 aliphatic heterocycles. The zero-order chi connectivity index (χ0) is 34.0. The lowest BCUT2D eigenvalue weighted by molar-refractivity contribution is -0.381. The normalized spacial score (nSPS) is 35.5. The second-order valence-corrected chi connectivity index (χ2v) is 12.9. The quantitative estimate of drug-likeness (QED) is 0.312. The van der Waals surface area contributed by atoms with Crippen molar-refractivity contribution in [2.24, 2.45) is 0 Å². The molecule has 11 atom stereocenters. The van der Waals surface area contributed by atoms with E-state index in [1.807, 2.05) is 60.7 Å². The van der Waals surface area contributed by atoms with Gasteiger partial charge >= 0.3 is 5.97 Å². The van der Waals surface area contributed by atoms with Crippen LogP contribution in [0.5, 0.6) is 0 Å². The highest BCUT2D eigenvalue weighted by molar-refractivity contribution is 5.89. The van der Waals surface area contributed by atoms with Crippen LogP contribution in [0, 0.1) is 0 Å². The smallest absolute Gasteiger partial charge is 0.338 e. The Morgan fingerprint density at radius 3 is 2.16 bits per heavy atom. The summed E-state index contributed by atoms with van der Waals surface area (Å²) in [6.45, 7) is 4.12. The van der Waals surface area contributed by atoms with Gasteiger partial charge in [-0.3, -0.25) is 0 Å². The van der Waals surface area contributed by atoms with Crippen molar-refractivity contribution < 1.29 is 57.3 Å². The first-order valence-electron chi connectivity index (χ1n) is 16.5. The number of carbonyl (C=O) groups excluding carboxylic acids is 1. The van der Waals surface area contributed by atoms with Gasteiger partial charge in [0, 0.05) is 12.7 Å². The Morgan fingerprint density at radius 1 is 0.796 bits per heavy atom. The highest BCUT2D eigenvalue weighted by Gasteiger charge is 2.58. The number of aliphatic hydroxyl groups excluding tert-OH is 1. The Balaban J connectivity index is 1.20. The fraction of sp³-hybridized carbons (Fsp3) is 0.486. The summed E-state index contributed by atoms with van der Waals surface area (Å²) in [5, 5.41) is 11.7. The maximum absolute atomic E-state index is 13.4. The van der Waals surface area contributed by atoms with Crippen molar-refractivity contribution in [2.75, 3.05) is 20.3 Å². The van der Waals surface area contributed by atoms with Crippen molar-refractivity contribution >= 4 is 5.97 Å². The molecule has 0 saturated carbocycles. The maximum Gasteiger partial charge on any atom is 0.338 e. The fourth-order valence-corrected chi connectivity index (χ4v) is 6.61. The minimum Gasteiger partial charge on any atom is -0.450 e. The Morgan fingerprint density at radius 2 is 1.49 bits per heavy atom. The van der Waals surface area contributed by atoms with Crippen LogP contribution in [0.15, 0.2) is 91.0 Å². The van der Waals surface area contributed by atoms with E-state index in [9.17, 15) is 9.90 Å². The Hall–Kier alpha value is -3.27. The van der Waals surface area contributed by atoms with Crippen LogP contribution in [0.1, 0.15) is 41.6 Å². The molecule has 0 aromatic heterocycles. The second-order valence-electron chi connectivity index (χ2n) is 12.9. The topological polar surface area (TPSA) is 130 Å². The predicted molar refractivity (Wildman–Crippen MR) is 171 cm³/mol. The molecule has 49 heavy (non-hydrogen) atoms. The standard InChI is InChI=1S/C37H42O12/c1-37(2)43-21-26(49-37)28-27(38)30(45-33(39)23-15-9-5-10-16-23)36(46-28)48-31-29-25(20-42-34(47-29)24-17-11-6-12-18-24)44-35(40-3)32(31)41-19-22-13-7-4-8-14-22/h4-18,25-32,34-36,38H,19-21H2,1-3H3/t25-,26-,27+,28+,29-,30-,31+,32-,34-,35+,36+/m1/s1. The number of hydrogen-bond donors (Lipinski definition) is 1. The minimum atomic E-state index is -1.31. The third-order valence-corrected chi connectivity index (χ3v) is 9.05. The summed E-state index contributed by atoms with van der Waals surface area (Å²) in [7, 11) is 1.52. The number of benzene rings is 3. The van der Waals surface area contributed by atoms with E-state index in [1.54, 1.807) is 44.2 Å². The summed E-state index contributed by atoms with van der Waals surface area (Å²) in [4.78, 5) is 13.4. The predicted octanol–water partition coefficient (Wildman–Crippen LogP) is 3.91. The molecule has 1 N–H and O–H groups in total. The third kappa shape index (κ3) is 7.59. The molecule has 12 heteroatoms. The van der Waals surface area contributed by atoms with Crippen molar-refractivity contribution in [1.82, 2.24) is 0 Å². The van der Waals surface area contributed by atoms with E-state index >= 15 is 0 Å². The number of ether oxygens (including phenoxy) is 10. The summed E-state index contributed by atoms with van der Waals surface area (Å²) >= 11 is 0. The molecule has 0 amide bonds.